The van der Waals surface area contributed by atoms with E-state index in [1.165, 1.54) is 0 Å². The third kappa shape index (κ3) is 9.46. The van der Waals surface area contributed by atoms with Crippen LogP contribution in [0.15, 0.2) is 70.2 Å². The molecule has 1 heterocycles. The molecule has 1 rings (SSSR count). The van der Waals surface area contributed by atoms with Gasteiger partial charge in [-0.1, -0.05) is 31.2 Å². The van der Waals surface area contributed by atoms with Gasteiger partial charge in [0.25, 0.3) is 0 Å². The van der Waals surface area contributed by atoms with Crippen molar-refractivity contribution in [1.82, 2.24) is 20.0 Å². The third-order valence-electron chi connectivity index (χ3n) is 5.37. The van der Waals surface area contributed by atoms with Gasteiger partial charge < -0.3 is 15.3 Å². The molecule has 33 heavy (non-hydrogen) atoms. The quantitative estimate of drug-likeness (QED) is 0.184. The predicted octanol–water partition coefficient (Wildman–Crippen LogP) is 6.23. The fourth-order valence-electron chi connectivity index (χ4n) is 3.40. The number of allylic oxidation sites excluding steroid dienone is 7. The van der Waals surface area contributed by atoms with E-state index in [0.717, 1.165) is 34.3 Å². The van der Waals surface area contributed by atoms with Gasteiger partial charge in [-0.3, -0.25) is 4.79 Å². The number of aliphatic hydroxyl groups is 1. The van der Waals surface area contributed by atoms with E-state index < -0.39 is 0 Å². The number of aromatic nitrogens is 2. The Hall–Kier alpha value is -2.54. The first kappa shape index (κ1) is 28.5. The minimum absolute atomic E-state index is 0.116. The van der Waals surface area contributed by atoms with Crippen molar-refractivity contribution in [2.45, 2.75) is 53.9 Å². The number of halogens is 1. The number of aliphatic hydroxyl groups excluding tert-OH is 1. The van der Waals surface area contributed by atoms with Crippen LogP contribution < -0.4 is 5.32 Å². The average molecular weight is 520 g/mol. The Morgan fingerprint density at radius 3 is 2.55 bits per heavy atom. The highest BCUT2D eigenvalue weighted by Gasteiger charge is 2.19. The lowest BCUT2D eigenvalue weighted by Gasteiger charge is -2.22. The van der Waals surface area contributed by atoms with Crippen molar-refractivity contribution < 1.29 is 9.90 Å². The molecule has 0 aliphatic rings. The van der Waals surface area contributed by atoms with Crippen LogP contribution >= 0.6 is 15.9 Å². The molecule has 1 unspecified atom stereocenters. The standard InChI is InChI=1S/C26H39BrN4O2/c1-7-12-21(9-3)20(5)26(33)30(6)17-11-16-28-25(31-19-23(27)18-29-31)15-14-22(10-4)24(32)13-8-2/h7-9,12-13,15,18-20,28,32H,10-11,14,16-17H2,1-6H3/b12-7-,13-8-,21-9+,24-22-,25-15-. The maximum atomic E-state index is 12.8. The smallest absolute Gasteiger partial charge is 0.229 e. The van der Waals surface area contributed by atoms with Crippen molar-refractivity contribution in [2.24, 2.45) is 5.92 Å². The topological polar surface area (TPSA) is 70.4 Å². The second kappa shape index (κ2) is 15.3. The molecule has 0 aliphatic heterocycles. The zero-order valence-corrected chi connectivity index (χ0v) is 22.4. The van der Waals surface area contributed by atoms with Gasteiger partial charge in [0.1, 0.15) is 11.6 Å². The number of carbonyl (C=O) groups excluding carboxylic acids is 1. The molecular weight excluding hydrogens is 480 g/mol. The monoisotopic (exact) mass is 518 g/mol. The molecule has 182 valence electrons. The number of amides is 1. The molecule has 2 N–H and O–H groups in total. The number of carbonyl (C=O) groups is 1. The predicted molar refractivity (Wildman–Crippen MR) is 142 cm³/mol. The first-order valence-electron chi connectivity index (χ1n) is 11.5. The number of nitrogens with zero attached hydrogens (tertiary/aromatic N) is 3. The average Bonchev–Trinajstić information content (AvgIpc) is 3.24. The highest BCUT2D eigenvalue weighted by molar-refractivity contribution is 9.10. The van der Waals surface area contributed by atoms with Gasteiger partial charge >= 0.3 is 0 Å². The van der Waals surface area contributed by atoms with Gasteiger partial charge in [-0.15, -0.1) is 0 Å². The first-order chi connectivity index (χ1) is 15.8. The molecular formula is C26H39BrN4O2. The van der Waals surface area contributed by atoms with Gasteiger partial charge in [-0.2, -0.15) is 5.10 Å². The van der Waals surface area contributed by atoms with Gasteiger partial charge in [-0.05, 0) is 86.2 Å². The van der Waals surface area contributed by atoms with E-state index in [-0.39, 0.29) is 11.8 Å². The minimum Gasteiger partial charge on any atom is -0.508 e. The lowest BCUT2D eigenvalue weighted by molar-refractivity contribution is -0.132. The normalized spacial score (nSPS) is 14.6. The molecule has 6 nitrogen and oxygen atoms in total. The fourth-order valence-corrected chi connectivity index (χ4v) is 3.69. The Bertz CT molecular complexity index is 909. The largest absolute Gasteiger partial charge is 0.508 e. The molecule has 0 saturated carbocycles. The summed E-state index contributed by atoms with van der Waals surface area (Å²) in [5, 5.41) is 18.0. The van der Waals surface area contributed by atoms with E-state index in [1.54, 1.807) is 21.9 Å². The summed E-state index contributed by atoms with van der Waals surface area (Å²) in [6, 6.07) is 0. The zero-order chi connectivity index (χ0) is 24.8. The summed E-state index contributed by atoms with van der Waals surface area (Å²) in [6.45, 7) is 11.1. The van der Waals surface area contributed by atoms with Crippen molar-refractivity contribution in [2.75, 3.05) is 20.1 Å². The van der Waals surface area contributed by atoms with Crippen LogP contribution in [-0.2, 0) is 4.79 Å². The van der Waals surface area contributed by atoms with E-state index in [1.807, 2.05) is 78.2 Å². The van der Waals surface area contributed by atoms with Crippen molar-refractivity contribution >= 4 is 27.7 Å². The molecule has 1 atom stereocenters. The number of rotatable bonds is 13. The molecule has 0 radical (unpaired) electrons. The lowest BCUT2D eigenvalue weighted by Crippen LogP contribution is -2.34. The van der Waals surface area contributed by atoms with E-state index in [4.69, 9.17) is 0 Å². The molecule has 0 aromatic carbocycles. The van der Waals surface area contributed by atoms with Crippen molar-refractivity contribution in [3.05, 3.63) is 70.2 Å². The van der Waals surface area contributed by atoms with Gasteiger partial charge in [0.05, 0.1) is 16.6 Å². The highest BCUT2D eigenvalue weighted by atomic mass is 79.9. The van der Waals surface area contributed by atoms with Crippen LogP contribution in [0.1, 0.15) is 53.9 Å². The van der Waals surface area contributed by atoms with Crippen LogP contribution in [0.5, 0.6) is 0 Å². The second-order valence-corrected chi connectivity index (χ2v) is 8.71. The van der Waals surface area contributed by atoms with Gasteiger partial charge in [0.2, 0.25) is 5.91 Å². The maximum Gasteiger partial charge on any atom is 0.229 e. The molecule has 1 aromatic heterocycles. The summed E-state index contributed by atoms with van der Waals surface area (Å²) in [7, 11) is 1.85. The van der Waals surface area contributed by atoms with Gasteiger partial charge in [0.15, 0.2) is 0 Å². The Morgan fingerprint density at radius 2 is 2.00 bits per heavy atom. The first-order valence-corrected chi connectivity index (χ1v) is 12.3. The summed E-state index contributed by atoms with van der Waals surface area (Å²) in [4.78, 5) is 14.6. The van der Waals surface area contributed by atoms with E-state index >= 15 is 0 Å². The van der Waals surface area contributed by atoms with Crippen molar-refractivity contribution in [3.8, 4) is 0 Å². The van der Waals surface area contributed by atoms with Crippen LogP contribution in [0.4, 0.5) is 0 Å². The van der Waals surface area contributed by atoms with Crippen LogP contribution in [0.3, 0.4) is 0 Å². The zero-order valence-electron chi connectivity index (χ0n) is 20.8. The van der Waals surface area contributed by atoms with E-state index in [0.29, 0.717) is 25.3 Å². The highest BCUT2D eigenvalue weighted by Crippen LogP contribution is 2.17. The minimum atomic E-state index is -0.162. The summed E-state index contributed by atoms with van der Waals surface area (Å²) < 4.78 is 2.66. The van der Waals surface area contributed by atoms with Crippen LogP contribution in [-0.4, -0.2) is 45.8 Å². The van der Waals surface area contributed by atoms with Crippen molar-refractivity contribution in [1.29, 1.82) is 0 Å². The van der Waals surface area contributed by atoms with E-state index in [9.17, 15) is 9.90 Å². The fraction of sp³-hybridized carbons (Fsp3) is 0.462. The molecule has 7 heteroatoms. The molecule has 1 amide bonds. The summed E-state index contributed by atoms with van der Waals surface area (Å²) >= 11 is 3.45. The number of nitrogens with one attached hydrogen (secondary N) is 1. The third-order valence-corrected chi connectivity index (χ3v) is 5.78. The molecule has 0 aliphatic carbocycles. The molecule has 0 spiro atoms. The summed E-state index contributed by atoms with van der Waals surface area (Å²) in [5.74, 6) is 1.10. The van der Waals surface area contributed by atoms with Crippen LogP contribution in [0.2, 0.25) is 0 Å². The Balaban J connectivity index is 2.79. The lowest BCUT2D eigenvalue weighted by atomic mass is 9.99. The maximum absolute atomic E-state index is 12.8. The Kier molecular flexibility index (Phi) is 13.2. The number of hydrogen-bond acceptors (Lipinski definition) is 4. The summed E-state index contributed by atoms with van der Waals surface area (Å²) in [6.07, 6.45) is 17.3. The van der Waals surface area contributed by atoms with Gasteiger partial charge in [0, 0.05) is 26.3 Å². The van der Waals surface area contributed by atoms with Gasteiger partial charge in [-0.25, -0.2) is 4.68 Å². The number of hydrogen-bond donors (Lipinski definition) is 2. The SMILES string of the molecule is C/C=C\C(O)=C(/CC)C/C=C(/NCCCN(C)C(=O)C(C)C(/C=C\C)=C/C)n1cc(Br)cn1. The van der Waals surface area contributed by atoms with Crippen LogP contribution in [0, 0.1) is 5.92 Å². The summed E-state index contributed by atoms with van der Waals surface area (Å²) in [5.41, 5.74) is 1.99. The Morgan fingerprint density at radius 1 is 1.30 bits per heavy atom. The Labute approximate surface area is 207 Å². The van der Waals surface area contributed by atoms with E-state index in [2.05, 4.69) is 26.3 Å². The molecule has 0 fully saturated rings. The van der Waals surface area contributed by atoms with Crippen LogP contribution in [0.25, 0.3) is 5.82 Å². The molecule has 0 bridgehead atoms. The second-order valence-electron chi connectivity index (χ2n) is 7.79. The van der Waals surface area contributed by atoms with Crippen molar-refractivity contribution in [3.63, 3.8) is 0 Å². The molecule has 1 aromatic rings. The molecule has 0 saturated heterocycles.